The van der Waals surface area contributed by atoms with Gasteiger partial charge >= 0.3 is 17.9 Å². The van der Waals surface area contributed by atoms with Crippen LogP contribution in [0.4, 0.5) is 0 Å². The van der Waals surface area contributed by atoms with Crippen LogP contribution < -0.4 is 0 Å². The molecule has 0 saturated carbocycles. The molecule has 0 heterocycles. The third kappa shape index (κ3) is 65.8. The van der Waals surface area contributed by atoms with Crippen LogP contribution in [0.5, 0.6) is 0 Å². The van der Waals surface area contributed by atoms with E-state index in [1.54, 1.807) is 0 Å². The molecule has 0 fully saturated rings. The molecular weight excluding hydrogens is 1010 g/mol. The van der Waals surface area contributed by atoms with Gasteiger partial charge in [0.05, 0.1) is 0 Å². The van der Waals surface area contributed by atoms with E-state index in [2.05, 4.69) is 179 Å². The molecule has 6 heteroatoms. The van der Waals surface area contributed by atoms with Gasteiger partial charge < -0.3 is 14.2 Å². The molecule has 1 atom stereocenters. The lowest BCUT2D eigenvalue weighted by Gasteiger charge is -2.18. The minimum absolute atomic E-state index is 0.104. The van der Waals surface area contributed by atoms with Crippen LogP contribution in [0.25, 0.3) is 0 Å². The second-order valence-corrected chi connectivity index (χ2v) is 21.6. The Kier molecular flexibility index (Phi) is 64.4. The highest BCUT2D eigenvalue weighted by Crippen LogP contribution is 2.14. The van der Waals surface area contributed by atoms with E-state index in [9.17, 15) is 14.4 Å². The first-order chi connectivity index (χ1) is 40.5. The zero-order chi connectivity index (χ0) is 59.2. The Morgan fingerprint density at radius 3 is 0.756 bits per heavy atom. The molecule has 82 heavy (non-hydrogen) atoms. The molecule has 1 unspecified atom stereocenters. The lowest BCUT2D eigenvalue weighted by Crippen LogP contribution is -2.30. The van der Waals surface area contributed by atoms with Gasteiger partial charge in [-0.25, -0.2) is 0 Å². The third-order valence-corrected chi connectivity index (χ3v) is 13.7. The lowest BCUT2D eigenvalue weighted by molar-refractivity contribution is -0.167. The van der Waals surface area contributed by atoms with Crippen LogP contribution in [-0.2, 0) is 28.6 Å². The summed E-state index contributed by atoms with van der Waals surface area (Å²) in [4.78, 5) is 38.4. The molecular formula is C76H122O6. The van der Waals surface area contributed by atoms with E-state index in [0.29, 0.717) is 12.8 Å². The zero-order valence-corrected chi connectivity index (χ0v) is 52.9. The fourth-order valence-electron chi connectivity index (χ4n) is 8.80. The molecule has 0 aromatic carbocycles. The van der Waals surface area contributed by atoms with E-state index in [4.69, 9.17) is 14.2 Å². The molecule has 0 rings (SSSR count). The van der Waals surface area contributed by atoms with Gasteiger partial charge in [-0.15, -0.1) is 0 Å². The average Bonchev–Trinajstić information content (AvgIpc) is 3.47. The van der Waals surface area contributed by atoms with E-state index >= 15 is 0 Å². The number of carbonyl (C=O) groups is 3. The number of ether oxygens (including phenoxy) is 3. The van der Waals surface area contributed by atoms with E-state index in [0.717, 1.165) is 173 Å². The molecule has 0 aromatic heterocycles. The maximum atomic E-state index is 12.9. The molecule has 0 amide bonds. The van der Waals surface area contributed by atoms with Crippen molar-refractivity contribution in [3.8, 4) is 0 Å². The maximum Gasteiger partial charge on any atom is 0.306 e. The van der Waals surface area contributed by atoms with Crippen molar-refractivity contribution in [3.05, 3.63) is 158 Å². The van der Waals surface area contributed by atoms with Crippen molar-refractivity contribution in [3.63, 3.8) is 0 Å². The van der Waals surface area contributed by atoms with E-state index in [1.807, 2.05) is 0 Å². The highest BCUT2D eigenvalue weighted by atomic mass is 16.6. The molecule has 0 saturated heterocycles. The Labute approximate surface area is 505 Å². The standard InChI is InChI=1S/C76H122O6/c1-4-7-10-13-16-19-22-25-28-31-33-35-37-38-40-41-43-45-48-51-54-57-60-63-66-69-75(78)81-72-73(71-80-74(77)68-65-62-59-56-53-50-47-30-27-24-21-18-15-12-9-6-3)82-76(79)70-67-64-61-58-55-52-49-46-44-42-39-36-34-32-29-26-23-20-17-14-11-8-5-2/h7-8,10-11,16-17,19-20,25-26,28-30,33-36,38,40,42-45,47,49,52,73H,4-6,9,12-15,18,21-24,27,31-32,37,39,41,46,48,50-51,53-72H2,1-3H3/b10-7-,11-8-,19-16-,20-17-,28-25-,29-26-,35-33-,36-34-,40-38-,44-42-,45-43-,47-30-,52-49-. The first kappa shape index (κ1) is 77.0. The SMILES string of the molecule is CC/C=C\C/C=C\C/C=C\C/C=C\C/C=C\C/C=C\CCCCCCCCC(=O)OCC(COC(=O)CCCCCCC/C=C\CCCCCCCCC)OC(=O)CCCCCC/C=C\C/C=C\C/C=C\C/C=C\C/C=C\C/C=C\CC. The molecule has 0 N–H and O–H groups in total. The highest BCUT2D eigenvalue weighted by Gasteiger charge is 2.19. The fourth-order valence-corrected chi connectivity index (χ4v) is 8.80. The van der Waals surface area contributed by atoms with Gasteiger partial charge in [-0.2, -0.15) is 0 Å². The predicted molar refractivity (Wildman–Crippen MR) is 357 cm³/mol. The van der Waals surface area contributed by atoms with Gasteiger partial charge in [-0.1, -0.05) is 275 Å². The molecule has 0 aliphatic heterocycles. The summed E-state index contributed by atoms with van der Waals surface area (Å²) in [5.74, 6) is -0.951. The Morgan fingerprint density at radius 1 is 0.256 bits per heavy atom. The number of hydrogen-bond donors (Lipinski definition) is 0. The maximum absolute atomic E-state index is 12.9. The van der Waals surface area contributed by atoms with Crippen molar-refractivity contribution in [1.29, 1.82) is 0 Å². The summed E-state index contributed by atoms with van der Waals surface area (Å²) in [5, 5.41) is 0. The second kappa shape index (κ2) is 68.5. The number of allylic oxidation sites excluding steroid dienone is 26. The van der Waals surface area contributed by atoms with Crippen molar-refractivity contribution < 1.29 is 28.6 Å². The third-order valence-electron chi connectivity index (χ3n) is 13.7. The van der Waals surface area contributed by atoms with Crippen LogP contribution >= 0.6 is 0 Å². The highest BCUT2D eigenvalue weighted by molar-refractivity contribution is 5.71. The van der Waals surface area contributed by atoms with E-state index in [1.165, 1.54) is 70.6 Å². The van der Waals surface area contributed by atoms with E-state index < -0.39 is 6.10 Å². The van der Waals surface area contributed by atoms with Crippen LogP contribution in [0.1, 0.15) is 284 Å². The number of rotatable bonds is 59. The Balaban J connectivity index is 4.50. The van der Waals surface area contributed by atoms with E-state index in [-0.39, 0.29) is 37.5 Å². The van der Waals surface area contributed by atoms with Crippen molar-refractivity contribution in [2.24, 2.45) is 0 Å². The molecule has 0 spiro atoms. The molecule has 0 radical (unpaired) electrons. The van der Waals surface area contributed by atoms with Crippen molar-refractivity contribution in [2.75, 3.05) is 13.2 Å². The number of unbranched alkanes of at least 4 members (excludes halogenated alkanes) is 22. The molecule has 462 valence electrons. The van der Waals surface area contributed by atoms with Gasteiger partial charge in [0.2, 0.25) is 0 Å². The Morgan fingerprint density at radius 2 is 0.476 bits per heavy atom. The van der Waals surface area contributed by atoms with Crippen LogP contribution in [0, 0.1) is 0 Å². The second-order valence-electron chi connectivity index (χ2n) is 21.6. The predicted octanol–water partition coefficient (Wildman–Crippen LogP) is 23.3. The summed E-state index contributed by atoms with van der Waals surface area (Å²) in [6.07, 6.45) is 99.6. The first-order valence-corrected chi connectivity index (χ1v) is 33.5. The summed E-state index contributed by atoms with van der Waals surface area (Å²) in [7, 11) is 0. The molecule has 6 nitrogen and oxygen atoms in total. The topological polar surface area (TPSA) is 78.9 Å². The summed E-state index contributed by atoms with van der Waals surface area (Å²) < 4.78 is 16.9. The average molecular weight is 1130 g/mol. The summed E-state index contributed by atoms with van der Waals surface area (Å²) in [6, 6.07) is 0. The van der Waals surface area contributed by atoms with Crippen molar-refractivity contribution in [1.82, 2.24) is 0 Å². The quantitative estimate of drug-likeness (QED) is 0.0261. The summed E-state index contributed by atoms with van der Waals surface area (Å²) >= 11 is 0. The summed E-state index contributed by atoms with van der Waals surface area (Å²) in [5.41, 5.74) is 0. The first-order valence-electron chi connectivity index (χ1n) is 33.5. The molecule has 0 aromatic rings. The van der Waals surface area contributed by atoms with Gasteiger partial charge in [0.1, 0.15) is 13.2 Å². The van der Waals surface area contributed by atoms with Gasteiger partial charge in [-0.05, 0) is 148 Å². The van der Waals surface area contributed by atoms with Gasteiger partial charge in [0, 0.05) is 19.3 Å². The van der Waals surface area contributed by atoms with Crippen LogP contribution in [0.2, 0.25) is 0 Å². The van der Waals surface area contributed by atoms with Gasteiger partial charge in [0.25, 0.3) is 0 Å². The Hall–Kier alpha value is -4.97. The molecule has 0 aliphatic carbocycles. The monoisotopic (exact) mass is 1130 g/mol. The summed E-state index contributed by atoms with van der Waals surface area (Å²) in [6.45, 7) is 6.38. The molecule has 0 bridgehead atoms. The fraction of sp³-hybridized carbons (Fsp3) is 0.618. The van der Waals surface area contributed by atoms with Crippen LogP contribution in [-0.4, -0.2) is 37.2 Å². The number of esters is 3. The number of carbonyl (C=O) groups excluding carboxylic acids is 3. The van der Waals surface area contributed by atoms with Gasteiger partial charge in [-0.3, -0.25) is 14.4 Å². The normalized spacial score (nSPS) is 13.2. The number of hydrogen-bond acceptors (Lipinski definition) is 6. The van der Waals surface area contributed by atoms with Gasteiger partial charge in [0.15, 0.2) is 6.10 Å². The minimum atomic E-state index is -0.812. The smallest absolute Gasteiger partial charge is 0.306 e. The largest absolute Gasteiger partial charge is 0.462 e. The lowest BCUT2D eigenvalue weighted by atomic mass is 10.1. The minimum Gasteiger partial charge on any atom is -0.462 e. The van der Waals surface area contributed by atoms with Crippen molar-refractivity contribution >= 4 is 17.9 Å². The molecule has 0 aliphatic rings. The van der Waals surface area contributed by atoms with Crippen LogP contribution in [0.3, 0.4) is 0 Å². The zero-order valence-electron chi connectivity index (χ0n) is 52.9. The van der Waals surface area contributed by atoms with Crippen LogP contribution in [0.15, 0.2) is 158 Å². The van der Waals surface area contributed by atoms with Crippen molar-refractivity contribution in [2.45, 2.75) is 290 Å². The Bertz CT molecular complexity index is 1830.